The van der Waals surface area contributed by atoms with Crippen molar-refractivity contribution in [3.63, 3.8) is 0 Å². The Morgan fingerprint density at radius 3 is 1.98 bits per heavy atom. The number of benzene rings is 3. The second-order valence-corrected chi connectivity index (χ2v) is 31.6. The summed E-state index contributed by atoms with van der Waals surface area (Å²) >= 11 is 3.81. The number of carbonyl (C=O) groups excluding carboxylic acids is 3. The topological polar surface area (TPSA) is 145 Å². The number of rotatable bonds is 12. The van der Waals surface area contributed by atoms with Crippen LogP contribution in [-0.2, 0) is 33.7 Å². The number of alkyl carbamates (subject to hydrolysis) is 1. The molecule has 0 aliphatic carbocycles. The molecule has 2 aliphatic rings. The van der Waals surface area contributed by atoms with Crippen LogP contribution in [0.1, 0.15) is 102 Å². The van der Waals surface area contributed by atoms with Crippen LogP contribution >= 0.6 is 15.9 Å². The second-order valence-electron chi connectivity index (χ2n) is 21.4. The van der Waals surface area contributed by atoms with Gasteiger partial charge in [0, 0.05) is 28.6 Å². The summed E-state index contributed by atoms with van der Waals surface area (Å²) in [6.07, 6.45) is -2.92. The van der Waals surface area contributed by atoms with E-state index in [2.05, 4.69) is 89.0 Å². The second kappa shape index (κ2) is 19.2. The van der Waals surface area contributed by atoms with Crippen molar-refractivity contribution < 1.29 is 47.3 Å². The lowest BCUT2D eigenvalue weighted by atomic mass is 9.82. The summed E-state index contributed by atoms with van der Waals surface area (Å²) in [5.74, 6) is 1.64. The number of ether oxygens (including phenoxy) is 4. The van der Waals surface area contributed by atoms with Crippen molar-refractivity contribution in [3.05, 3.63) is 80.3 Å². The van der Waals surface area contributed by atoms with E-state index >= 15 is 4.79 Å². The molecule has 0 bridgehead atoms. The van der Waals surface area contributed by atoms with Crippen LogP contribution in [0.3, 0.4) is 0 Å². The number of aliphatic hydroxyl groups excluding tert-OH is 1. The Labute approximate surface area is 397 Å². The van der Waals surface area contributed by atoms with Gasteiger partial charge in [0.15, 0.2) is 23.5 Å². The number of nitrogens with one attached hydrogen (secondary N) is 1. The van der Waals surface area contributed by atoms with Crippen LogP contribution in [0.4, 0.5) is 9.59 Å². The molecule has 2 aliphatic heterocycles. The maximum Gasteiger partial charge on any atom is 0.413 e. The van der Waals surface area contributed by atoms with Crippen molar-refractivity contribution in [1.82, 2.24) is 15.1 Å². The molecule has 5 rings (SSSR count). The zero-order chi connectivity index (χ0) is 48.8. The van der Waals surface area contributed by atoms with Gasteiger partial charge in [-0.25, -0.2) is 9.59 Å². The molecule has 4 atom stereocenters. The first-order valence-electron chi connectivity index (χ1n) is 22.3. The molecule has 3 aromatic carbocycles. The number of amides is 3. The van der Waals surface area contributed by atoms with Gasteiger partial charge in [-0.15, -0.1) is 0 Å². The summed E-state index contributed by atoms with van der Waals surface area (Å²) in [4.78, 5) is 46.6. The van der Waals surface area contributed by atoms with E-state index < -0.39 is 64.7 Å². The minimum absolute atomic E-state index is 0.0334. The minimum Gasteiger partial charge on any atom is -0.541 e. The summed E-state index contributed by atoms with van der Waals surface area (Å²) in [6.45, 7) is 30.5. The SMILES string of the molecule is COc1c(O[Si](C)(C)C(C)(C)C)cc(C[C@H]2C(=O)N3[C@@H](CNC(=O)OCc4ccccc4)c4c(cc(C)c(OC)c4O[Si](C)(C)C(C)(C)C)C[C@H]3C(O)N2C(=O)OC(C)(C)C)c(Br)c1C. The molecule has 0 saturated carbocycles. The number of aliphatic hydroxyl groups is 1. The average molecular weight is 999 g/mol. The maximum atomic E-state index is 15.8. The number of nitrogens with zero attached hydrogens (tertiary/aromatic N) is 2. The standard InChI is InChI=1S/C49H72BrN3O10Si2/c1-29-23-32-24-34-44(55)53(46(57)61-47(3,4)5)35(25-33-26-37(41(59-13)30(2)39(33)50)62-64(14,15)48(6,7)8)43(54)52(34)36(27-51-45(56)60-28-31-21-19-18-20-22-31)38(32)42(40(29)58-12)63-65(16,17)49(9,10)11/h18-23,26,34-36,44,55H,24-25,27-28H2,1-17H3,(H,51,56)/t34-,35-,36-,44?/m0/s1. The van der Waals surface area contributed by atoms with Crippen molar-refractivity contribution in [2.75, 3.05) is 20.8 Å². The van der Waals surface area contributed by atoms with Gasteiger partial charge in [-0.1, -0.05) is 93.9 Å². The molecule has 2 N–H and O–H groups in total. The van der Waals surface area contributed by atoms with Crippen LogP contribution in [-0.4, -0.2) is 94.3 Å². The van der Waals surface area contributed by atoms with E-state index in [0.717, 1.165) is 22.3 Å². The summed E-state index contributed by atoms with van der Waals surface area (Å²) in [6, 6.07) is 10.1. The predicted octanol–water partition coefficient (Wildman–Crippen LogP) is 10.8. The van der Waals surface area contributed by atoms with Gasteiger partial charge in [0.05, 0.1) is 26.3 Å². The van der Waals surface area contributed by atoms with Gasteiger partial charge < -0.3 is 43.1 Å². The molecule has 1 saturated heterocycles. The lowest BCUT2D eigenvalue weighted by molar-refractivity contribution is -0.173. The fraction of sp³-hybridized carbons (Fsp3) is 0.571. The molecule has 2 heterocycles. The van der Waals surface area contributed by atoms with Crippen LogP contribution in [0.5, 0.6) is 23.0 Å². The number of hydrogen-bond acceptors (Lipinski definition) is 10. The maximum absolute atomic E-state index is 15.8. The molecule has 358 valence electrons. The van der Waals surface area contributed by atoms with E-state index in [4.69, 9.17) is 27.8 Å². The van der Waals surface area contributed by atoms with Crippen molar-refractivity contribution >= 4 is 50.7 Å². The monoisotopic (exact) mass is 997 g/mol. The van der Waals surface area contributed by atoms with E-state index in [9.17, 15) is 14.7 Å². The molecule has 1 unspecified atom stereocenters. The Balaban J connectivity index is 1.71. The van der Waals surface area contributed by atoms with Gasteiger partial charge in [-0.3, -0.25) is 9.69 Å². The van der Waals surface area contributed by atoms with E-state index in [1.54, 1.807) is 39.9 Å². The molecular weight excluding hydrogens is 927 g/mol. The summed E-state index contributed by atoms with van der Waals surface area (Å²) in [5, 5.41) is 15.3. The predicted molar refractivity (Wildman–Crippen MR) is 262 cm³/mol. The van der Waals surface area contributed by atoms with Crippen LogP contribution in [0.25, 0.3) is 0 Å². The highest BCUT2D eigenvalue weighted by molar-refractivity contribution is 9.10. The molecule has 65 heavy (non-hydrogen) atoms. The molecule has 0 radical (unpaired) electrons. The number of fused-ring (bicyclic) bond motifs is 2. The summed E-state index contributed by atoms with van der Waals surface area (Å²) in [7, 11) is -1.80. The van der Waals surface area contributed by atoms with E-state index in [0.29, 0.717) is 38.6 Å². The lowest BCUT2D eigenvalue weighted by Crippen LogP contribution is -2.71. The number of piperazine rings is 1. The fourth-order valence-electron chi connectivity index (χ4n) is 7.89. The van der Waals surface area contributed by atoms with Crippen molar-refractivity contribution in [1.29, 1.82) is 0 Å². The Hall–Kier alpha value is -4.26. The Kier molecular flexibility index (Phi) is 15.2. The van der Waals surface area contributed by atoms with E-state index in [1.807, 2.05) is 56.3 Å². The quantitative estimate of drug-likeness (QED) is 0.168. The first-order valence-corrected chi connectivity index (χ1v) is 29.0. The normalized spacial score (nSPS) is 19.2. The first kappa shape index (κ1) is 51.7. The van der Waals surface area contributed by atoms with Crippen molar-refractivity contribution in [2.45, 2.75) is 162 Å². The van der Waals surface area contributed by atoms with Crippen LogP contribution in [0.15, 0.2) is 46.9 Å². The number of methoxy groups -OCH3 is 2. The molecular formula is C49H72BrN3O10Si2. The fourth-order valence-corrected chi connectivity index (χ4v) is 10.4. The largest absolute Gasteiger partial charge is 0.541 e. The molecule has 16 heteroatoms. The lowest BCUT2D eigenvalue weighted by Gasteiger charge is -2.54. The van der Waals surface area contributed by atoms with Gasteiger partial charge >= 0.3 is 12.2 Å². The highest BCUT2D eigenvalue weighted by atomic mass is 79.9. The van der Waals surface area contributed by atoms with Crippen LogP contribution in [0, 0.1) is 13.8 Å². The number of hydrogen-bond donors (Lipinski definition) is 2. The zero-order valence-electron chi connectivity index (χ0n) is 41.6. The van der Waals surface area contributed by atoms with Crippen LogP contribution in [0.2, 0.25) is 36.3 Å². The highest BCUT2D eigenvalue weighted by Gasteiger charge is 2.55. The third kappa shape index (κ3) is 11.0. The molecule has 1 fully saturated rings. The third-order valence-corrected chi connectivity index (χ3v) is 23.2. The van der Waals surface area contributed by atoms with Gasteiger partial charge in [-0.2, -0.15) is 0 Å². The Morgan fingerprint density at radius 1 is 0.846 bits per heavy atom. The first-order chi connectivity index (χ1) is 29.9. The minimum atomic E-state index is -2.58. The third-order valence-electron chi connectivity index (χ3n) is 13.4. The van der Waals surface area contributed by atoms with Gasteiger partial charge in [0.2, 0.25) is 5.91 Å². The zero-order valence-corrected chi connectivity index (χ0v) is 45.2. The van der Waals surface area contributed by atoms with Crippen LogP contribution < -0.4 is 23.6 Å². The molecule has 3 aromatic rings. The smallest absolute Gasteiger partial charge is 0.413 e. The Morgan fingerprint density at radius 2 is 1.43 bits per heavy atom. The van der Waals surface area contributed by atoms with Gasteiger partial charge in [0.1, 0.15) is 24.0 Å². The highest BCUT2D eigenvalue weighted by Crippen LogP contribution is 2.51. The Bertz CT molecular complexity index is 2250. The van der Waals surface area contributed by atoms with Crippen molar-refractivity contribution in [3.8, 4) is 23.0 Å². The van der Waals surface area contributed by atoms with E-state index in [1.165, 1.54) is 4.90 Å². The average Bonchev–Trinajstić information content (AvgIpc) is 3.18. The van der Waals surface area contributed by atoms with E-state index in [-0.39, 0.29) is 36.1 Å². The van der Waals surface area contributed by atoms with Gasteiger partial charge in [-0.05, 0) is 106 Å². The number of aryl methyl sites for hydroxylation is 1. The summed E-state index contributed by atoms with van der Waals surface area (Å²) in [5.41, 5.74) is 3.53. The van der Waals surface area contributed by atoms with Crippen molar-refractivity contribution in [2.24, 2.45) is 0 Å². The molecule has 3 amide bonds. The number of carbonyl (C=O) groups is 3. The molecule has 13 nitrogen and oxygen atoms in total. The number of halogens is 1. The molecule has 0 aromatic heterocycles. The molecule has 0 spiro atoms. The van der Waals surface area contributed by atoms with Gasteiger partial charge in [0.25, 0.3) is 16.6 Å². The summed E-state index contributed by atoms with van der Waals surface area (Å²) < 4.78 is 38.3.